The summed E-state index contributed by atoms with van der Waals surface area (Å²) >= 11 is 0. The molecule has 0 fully saturated rings. The number of amidine groups is 1. The van der Waals surface area contributed by atoms with Crippen molar-refractivity contribution in [1.29, 1.82) is 5.41 Å². The Morgan fingerprint density at radius 2 is 1.80 bits per heavy atom. The van der Waals surface area contributed by atoms with Gasteiger partial charge in [0.05, 0.1) is 5.69 Å². The van der Waals surface area contributed by atoms with Crippen molar-refractivity contribution in [3.63, 3.8) is 0 Å². The van der Waals surface area contributed by atoms with Crippen LogP contribution in [0, 0.1) is 12.3 Å². The predicted octanol–water partition coefficient (Wildman–Crippen LogP) is 3.61. The van der Waals surface area contributed by atoms with Gasteiger partial charge in [0.15, 0.2) is 0 Å². The minimum Gasteiger partial charge on any atom is -0.384 e. The second kappa shape index (κ2) is 5.78. The van der Waals surface area contributed by atoms with Crippen LogP contribution in [0.15, 0.2) is 42.5 Å². The SMILES string of the molecule is CCc1ccc(N(C)c2cc(C)ccc2C(=N)N)cc1. The molecular formula is C17H21N3. The van der Waals surface area contributed by atoms with Crippen LogP contribution < -0.4 is 10.6 Å². The monoisotopic (exact) mass is 267 g/mol. The number of hydrogen-bond donors (Lipinski definition) is 2. The lowest BCUT2D eigenvalue weighted by molar-refractivity contribution is 1.13. The normalized spacial score (nSPS) is 10.3. The van der Waals surface area contributed by atoms with Gasteiger partial charge in [-0.3, -0.25) is 5.41 Å². The van der Waals surface area contributed by atoms with E-state index < -0.39 is 0 Å². The van der Waals surface area contributed by atoms with Gasteiger partial charge in [-0.15, -0.1) is 0 Å². The van der Waals surface area contributed by atoms with Gasteiger partial charge < -0.3 is 10.6 Å². The van der Waals surface area contributed by atoms with E-state index in [2.05, 4.69) is 42.2 Å². The molecule has 0 radical (unpaired) electrons. The molecule has 3 nitrogen and oxygen atoms in total. The van der Waals surface area contributed by atoms with E-state index in [0.717, 1.165) is 28.9 Å². The molecule has 0 atom stereocenters. The van der Waals surface area contributed by atoms with Crippen molar-refractivity contribution in [3.8, 4) is 0 Å². The van der Waals surface area contributed by atoms with Crippen molar-refractivity contribution >= 4 is 17.2 Å². The molecule has 0 saturated heterocycles. The molecule has 2 aromatic rings. The highest BCUT2D eigenvalue weighted by Crippen LogP contribution is 2.28. The summed E-state index contributed by atoms with van der Waals surface area (Å²) in [7, 11) is 2.00. The summed E-state index contributed by atoms with van der Waals surface area (Å²) in [6.07, 6.45) is 1.03. The van der Waals surface area contributed by atoms with Gasteiger partial charge in [0, 0.05) is 18.3 Å². The van der Waals surface area contributed by atoms with E-state index in [1.54, 1.807) is 0 Å². The van der Waals surface area contributed by atoms with Gasteiger partial charge in [-0.05, 0) is 48.7 Å². The van der Waals surface area contributed by atoms with Crippen molar-refractivity contribution in [3.05, 3.63) is 59.2 Å². The zero-order chi connectivity index (χ0) is 14.7. The average Bonchev–Trinajstić information content (AvgIpc) is 2.46. The zero-order valence-electron chi connectivity index (χ0n) is 12.3. The highest BCUT2D eigenvalue weighted by Gasteiger charge is 2.11. The Hall–Kier alpha value is -2.29. The zero-order valence-corrected chi connectivity index (χ0v) is 12.3. The quantitative estimate of drug-likeness (QED) is 0.656. The summed E-state index contributed by atoms with van der Waals surface area (Å²) in [4.78, 5) is 2.07. The number of rotatable bonds is 4. The molecule has 2 aromatic carbocycles. The average molecular weight is 267 g/mol. The van der Waals surface area contributed by atoms with Gasteiger partial charge in [0.2, 0.25) is 0 Å². The Bertz CT molecular complexity index is 615. The van der Waals surface area contributed by atoms with Crippen LogP contribution in [0.3, 0.4) is 0 Å². The highest BCUT2D eigenvalue weighted by molar-refractivity contribution is 6.01. The topological polar surface area (TPSA) is 53.1 Å². The van der Waals surface area contributed by atoms with Gasteiger partial charge in [0.25, 0.3) is 0 Å². The molecule has 20 heavy (non-hydrogen) atoms. The van der Waals surface area contributed by atoms with E-state index in [-0.39, 0.29) is 5.84 Å². The second-order valence-electron chi connectivity index (χ2n) is 5.01. The molecule has 3 heteroatoms. The van der Waals surface area contributed by atoms with E-state index in [1.165, 1.54) is 5.56 Å². The van der Waals surface area contributed by atoms with Crippen molar-refractivity contribution in [2.75, 3.05) is 11.9 Å². The molecule has 0 unspecified atom stereocenters. The van der Waals surface area contributed by atoms with Crippen LogP contribution in [0.4, 0.5) is 11.4 Å². The lowest BCUT2D eigenvalue weighted by Gasteiger charge is -2.23. The maximum Gasteiger partial charge on any atom is 0.124 e. The number of nitrogens with zero attached hydrogens (tertiary/aromatic N) is 1. The summed E-state index contributed by atoms with van der Waals surface area (Å²) in [5.41, 5.74) is 11.0. The predicted molar refractivity (Wildman–Crippen MR) is 86.1 cm³/mol. The van der Waals surface area contributed by atoms with Crippen LogP contribution in [0.25, 0.3) is 0 Å². The maximum absolute atomic E-state index is 7.72. The Morgan fingerprint density at radius 1 is 1.15 bits per heavy atom. The van der Waals surface area contributed by atoms with E-state index in [1.807, 2.05) is 26.1 Å². The van der Waals surface area contributed by atoms with Crippen LogP contribution in [0.1, 0.15) is 23.6 Å². The standard InChI is InChI=1S/C17H21N3/c1-4-13-6-8-14(9-7-13)20(3)16-11-12(2)5-10-15(16)17(18)19/h5-11H,4H2,1-3H3,(H3,18,19). The van der Waals surface area contributed by atoms with E-state index in [4.69, 9.17) is 11.1 Å². The number of hydrogen-bond acceptors (Lipinski definition) is 2. The Balaban J connectivity index is 2.43. The van der Waals surface area contributed by atoms with Crippen molar-refractivity contribution in [2.24, 2.45) is 5.73 Å². The third kappa shape index (κ3) is 2.82. The number of nitrogen functional groups attached to an aromatic ring is 1. The molecule has 0 heterocycles. The summed E-state index contributed by atoms with van der Waals surface area (Å²) in [6, 6.07) is 14.4. The van der Waals surface area contributed by atoms with Crippen LogP contribution in [-0.2, 0) is 6.42 Å². The van der Waals surface area contributed by atoms with Crippen LogP contribution >= 0.6 is 0 Å². The molecule has 104 valence electrons. The van der Waals surface area contributed by atoms with Gasteiger partial charge in [-0.2, -0.15) is 0 Å². The molecule has 0 saturated carbocycles. The fourth-order valence-electron chi connectivity index (χ4n) is 2.24. The number of benzene rings is 2. The van der Waals surface area contributed by atoms with Gasteiger partial charge >= 0.3 is 0 Å². The fraction of sp³-hybridized carbons (Fsp3) is 0.235. The first-order chi connectivity index (χ1) is 9.52. The molecule has 0 aliphatic heterocycles. The van der Waals surface area contributed by atoms with Crippen LogP contribution in [-0.4, -0.2) is 12.9 Å². The maximum atomic E-state index is 7.72. The van der Waals surface area contributed by atoms with Crippen LogP contribution in [0.5, 0.6) is 0 Å². The van der Waals surface area contributed by atoms with Crippen molar-refractivity contribution < 1.29 is 0 Å². The van der Waals surface area contributed by atoms with Crippen LogP contribution in [0.2, 0.25) is 0 Å². The summed E-state index contributed by atoms with van der Waals surface area (Å²) in [6.45, 7) is 4.19. The molecule has 0 aliphatic carbocycles. The lowest BCUT2D eigenvalue weighted by atomic mass is 10.1. The molecular weight excluding hydrogens is 246 g/mol. The summed E-state index contributed by atoms with van der Waals surface area (Å²) in [5, 5.41) is 7.72. The Morgan fingerprint density at radius 3 is 2.35 bits per heavy atom. The Labute approximate surface area is 120 Å². The molecule has 2 rings (SSSR count). The molecule has 0 spiro atoms. The number of anilines is 2. The molecule has 0 aliphatic rings. The molecule has 0 amide bonds. The van der Waals surface area contributed by atoms with Gasteiger partial charge in [-0.1, -0.05) is 25.1 Å². The number of aryl methyl sites for hydroxylation is 2. The fourth-order valence-corrected chi connectivity index (χ4v) is 2.24. The first-order valence-corrected chi connectivity index (χ1v) is 6.80. The third-order valence-corrected chi connectivity index (χ3v) is 3.54. The van der Waals surface area contributed by atoms with Gasteiger partial charge in [0.1, 0.15) is 5.84 Å². The smallest absolute Gasteiger partial charge is 0.124 e. The second-order valence-corrected chi connectivity index (χ2v) is 5.01. The highest BCUT2D eigenvalue weighted by atomic mass is 15.1. The summed E-state index contributed by atoms with van der Waals surface area (Å²) < 4.78 is 0. The minimum atomic E-state index is 0.0945. The Kier molecular flexibility index (Phi) is 4.08. The van der Waals surface area contributed by atoms with Crippen molar-refractivity contribution in [2.45, 2.75) is 20.3 Å². The van der Waals surface area contributed by atoms with Gasteiger partial charge in [-0.25, -0.2) is 0 Å². The van der Waals surface area contributed by atoms with E-state index in [9.17, 15) is 0 Å². The number of nitrogens with two attached hydrogens (primary N) is 1. The third-order valence-electron chi connectivity index (χ3n) is 3.54. The number of nitrogens with one attached hydrogen (secondary N) is 1. The first-order valence-electron chi connectivity index (χ1n) is 6.80. The minimum absolute atomic E-state index is 0.0945. The summed E-state index contributed by atoms with van der Waals surface area (Å²) in [5.74, 6) is 0.0945. The lowest BCUT2D eigenvalue weighted by Crippen LogP contribution is -2.18. The molecule has 3 N–H and O–H groups in total. The molecule has 0 aromatic heterocycles. The van der Waals surface area contributed by atoms with E-state index >= 15 is 0 Å². The first kappa shape index (κ1) is 14.1. The van der Waals surface area contributed by atoms with E-state index in [0.29, 0.717) is 0 Å². The van der Waals surface area contributed by atoms with Crippen molar-refractivity contribution in [1.82, 2.24) is 0 Å². The largest absolute Gasteiger partial charge is 0.384 e. The molecule has 0 bridgehead atoms.